The number of nitrogens with zero attached hydrogens (tertiary/aromatic N) is 2. The summed E-state index contributed by atoms with van der Waals surface area (Å²) in [5.74, 6) is -1.73. The number of hydrogen-bond acceptors (Lipinski definition) is 6. The van der Waals surface area contributed by atoms with Crippen LogP contribution < -0.4 is 10.0 Å². The quantitative estimate of drug-likeness (QED) is 0.655. The second-order valence-electron chi connectivity index (χ2n) is 5.52. The van der Waals surface area contributed by atoms with Gasteiger partial charge in [-0.1, -0.05) is 13.0 Å². The molecule has 140 valence electrons. The number of rotatable bonds is 7. The van der Waals surface area contributed by atoms with E-state index < -0.39 is 27.9 Å². The van der Waals surface area contributed by atoms with Gasteiger partial charge in [-0.05, 0) is 18.2 Å². The first kappa shape index (κ1) is 19.7. The van der Waals surface area contributed by atoms with Crippen LogP contribution in [0.2, 0.25) is 0 Å². The molecular weight excluding hydrogens is 380 g/mol. The van der Waals surface area contributed by atoms with E-state index in [4.69, 9.17) is 5.11 Å². The average Bonchev–Trinajstić information content (AvgIpc) is 3.07. The van der Waals surface area contributed by atoms with Crippen LogP contribution in [-0.2, 0) is 14.8 Å². The summed E-state index contributed by atoms with van der Waals surface area (Å²) in [5.41, 5.74) is 0.270. The fraction of sp³-hybridized carbons (Fsp3) is 0.267. The van der Waals surface area contributed by atoms with Gasteiger partial charge in [0, 0.05) is 30.9 Å². The third-order valence-electron chi connectivity index (χ3n) is 3.37. The number of aromatic nitrogens is 1. The van der Waals surface area contributed by atoms with Crippen LogP contribution in [0.4, 0.5) is 15.6 Å². The van der Waals surface area contributed by atoms with E-state index in [0.717, 1.165) is 11.3 Å². The molecule has 0 fully saturated rings. The van der Waals surface area contributed by atoms with Crippen LogP contribution in [-0.4, -0.2) is 49.0 Å². The zero-order chi connectivity index (χ0) is 19.3. The number of aliphatic carboxylic acids is 1. The van der Waals surface area contributed by atoms with Crippen molar-refractivity contribution in [2.45, 2.75) is 11.8 Å². The first-order chi connectivity index (χ1) is 12.2. The minimum Gasteiger partial charge on any atom is -0.481 e. The van der Waals surface area contributed by atoms with E-state index in [1.807, 2.05) is 0 Å². The van der Waals surface area contributed by atoms with Crippen molar-refractivity contribution in [2.75, 3.05) is 23.6 Å². The van der Waals surface area contributed by atoms with E-state index in [0.29, 0.717) is 0 Å². The molecule has 3 N–H and O–H groups in total. The van der Waals surface area contributed by atoms with Crippen LogP contribution in [0.25, 0.3) is 0 Å². The van der Waals surface area contributed by atoms with E-state index in [2.05, 4.69) is 15.0 Å². The van der Waals surface area contributed by atoms with Gasteiger partial charge >= 0.3 is 12.0 Å². The molecule has 1 aromatic heterocycles. The van der Waals surface area contributed by atoms with E-state index in [9.17, 15) is 18.0 Å². The van der Waals surface area contributed by atoms with Crippen molar-refractivity contribution >= 4 is 44.2 Å². The van der Waals surface area contributed by atoms with Crippen molar-refractivity contribution in [3.8, 4) is 0 Å². The summed E-state index contributed by atoms with van der Waals surface area (Å²) >= 11 is 1.15. The molecule has 1 aromatic carbocycles. The molecule has 0 saturated heterocycles. The minimum absolute atomic E-state index is 0.0186. The predicted octanol–water partition coefficient (Wildman–Crippen LogP) is 2.13. The molecule has 0 saturated carbocycles. The Labute approximate surface area is 154 Å². The highest BCUT2D eigenvalue weighted by atomic mass is 32.2. The molecule has 0 aliphatic carbocycles. The Bertz CT molecular complexity index is 883. The second kappa shape index (κ2) is 8.15. The minimum atomic E-state index is -3.84. The van der Waals surface area contributed by atoms with E-state index in [-0.39, 0.29) is 22.3 Å². The number of benzene rings is 1. The first-order valence-corrected chi connectivity index (χ1v) is 9.82. The summed E-state index contributed by atoms with van der Waals surface area (Å²) in [7, 11) is -2.38. The molecule has 2 aromatic rings. The predicted molar refractivity (Wildman–Crippen MR) is 97.8 cm³/mol. The van der Waals surface area contributed by atoms with Crippen LogP contribution in [0.3, 0.4) is 0 Å². The summed E-state index contributed by atoms with van der Waals surface area (Å²) in [6.07, 6.45) is 1.48. The standard InChI is InChI=1S/C15H18N4O5S2/c1-10(13(20)21)9-19(2)15(22)17-11-4-3-5-12(8-11)26(23,24)18-14-16-6-7-25-14/h3-8,10H,9H2,1-2H3,(H,16,18)(H,17,22)(H,20,21). The number of carbonyl (C=O) groups excluding carboxylic acids is 1. The summed E-state index contributed by atoms with van der Waals surface area (Å²) in [6.45, 7) is 1.51. The zero-order valence-corrected chi connectivity index (χ0v) is 15.7. The number of anilines is 2. The number of carbonyl (C=O) groups is 2. The Morgan fingerprint density at radius 3 is 2.73 bits per heavy atom. The highest BCUT2D eigenvalue weighted by Gasteiger charge is 2.19. The monoisotopic (exact) mass is 398 g/mol. The molecule has 26 heavy (non-hydrogen) atoms. The van der Waals surface area contributed by atoms with Crippen LogP contribution >= 0.6 is 11.3 Å². The number of amides is 2. The van der Waals surface area contributed by atoms with Gasteiger partial charge in [-0.15, -0.1) is 11.3 Å². The molecule has 2 amide bonds. The Kier molecular flexibility index (Phi) is 6.16. The van der Waals surface area contributed by atoms with Gasteiger partial charge in [0.15, 0.2) is 5.13 Å². The van der Waals surface area contributed by atoms with E-state index in [1.165, 1.54) is 49.3 Å². The smallest absolute Gasteiger partial charge is 0.321 e. The molecule has 11 heteroatoms. The van der Waals surface area contributed by atoms with Gasteiger partial charge in [0.25, 0.3) is 10.0 Å². The van der Waals surface area contributed by atoms with E-state index in [1.54, 1.807) is 5.38 Å². The number of carboxylic acid groups (broad SMARTS) is 1. The summed E-state index contributed by atoms with van der Waals surface area (Å²) in [5, 5.41) is 13.3. The zero-order valence-electron chi connectivity index (χ0n) is 14.0. The van der Waals surface area contributed by atoms with Gasteiger partial charge in [-0.2, -0.15) is 0 Å². The van der Waals surface area contributed by atoms with Crippen LogP contribution in [0.15, 0.2) is 40.7 Å². The fourth-order valence-electron chi connectivity index (χ4n) is 1.98. The van der Waals surface area contributed by atoms with Crippen molar-refractivity contribution in [2.24, 2.45) is 5.92 Å². The van der Waals surface area contributed by atoms with Gasteiger partial charge in [-0.3, -0.25) is 9.52 Å². The largest absolute Gasteiger partial charge is 0.481 e. The maximum atomic E-state index is 12.4. The molecule has 0 spiro atoms. The maximum absolute atomic E-state index is 12.4. The third-order valence-corrected chi connectivity index (χ3v) is 5.52. The van der Waals surface area contributed by atoms with Crippen molar-refractivity contribution in [3.63, 3.8) is 0 Å². The number of nitrogens with one attached hydrogen (secondary N) is 2. The summed E-state index contributed by atoms with van der Waals surface area (Å²) < 4.78 is 27.1. The number of urea groups is 1. The molecule has 1 atom stereocenters. The van der Waals surface area contributed by atoms with Crippen LogP contribution in [0, 0.1) is 5.92 Å². The molecule has 0 bridgehead atoms. The lowest BCUT2D eigenvalue weighted by atomic mass is 10.2. The Balaban J connectivity index is 2.09. The molecule has 2 rings (SSSR count). The highest BCUT2D eigenvalue weighted by Crippen LogP contribution is 2.20. The van der Waals surface area contributed by atoms with Crippen LogP contribution in [0.5, 0.6) is 0 Å². The van der Waals surface area contributed by atoms with E-state index >= 15 is 0 Å². The number of carboxylic acids is 1. The first-order valence-electron chi connectivity index (χ1n) is 7.46. The Hall–Kier alpha value is -2.66. The van der Waals surface area contributed by atoms with Gasteiger partial charge in [0.1, 0.15) is 0 Å². The van der Waals surface area contributed by atoms with Crippen LogP contribution in [0.1, 0.15) is 6.92 Å². The molecule has 1 unspecified atom stereocenters. The van der Waals surface area contributed by atoms with Crippen molar-refractivity contribution < 1.29 is 23.1 Å². The molecular formula is C15H18N4O5S2. The number of thiazole rings is 1. The maximum Gasteiger partial charge on any atom is 0.321 e. The summed E-state index contributed by atoms with van der Waals surface area (Å²) in [4.78, 5) is 28.0. The number of sulfonamides is 1. The topological polar surface area (TPSA) is 129 Å². The highest BCUT2D eigenvalue weighted by molar-refractivity contribution is 7.93. The van der Waals surface area contributed by atoms with Crippen molar-refractivity contribution in [1.29, 1.82) is 0 Å². The lowest BCUT2D eigenvalue weighted by molar-refractivity contribution is -0.141. The molecule has 0 aliphatic rings. The second-order valence-corrected chi connectivity index (χ2v) is 8.10. The Morgan fingerprint density at radius 2 is 2.12 bits per heavy atom. The summed E-state index contributed by atoms with van der Waals surface area (Å²) in [6, 6.07) is 5.19. The fourth-order valence-corrected chi connectivity index (χ4v) is 3.81. The lowest BCUT2D eigenvalue weighted by Gasteiger charge is -2.20. The van der Waals surface area contributed by atoms with Gasteiger partial charge in [-0.25, -0.2) is 18.2 Å². The lowest BCUT2D eigenvalue weighted by Crippen LogP contribution is -2.36. The Morgan fingerprint density at radius 1 is 1.38 bits per heavy atom. The van der Waals surface area contributed by atoms with Gasteiger partial charge in [0.05, 0.1) is 10.8 Å². The van der Waals surface area contributed by atoms with Gasteiger partial charge < -0.3 is 15.3 Å². The van der Waals surface area contributed by atoms with Crippen molar-refractivity contribution in [3.05, 3.63) is 35.8 Å². The molecule has 0 aliphatic heterocycles. The number of hydrogen-bond donors (Lipinski definition) is 3. The normalized spacial score (nSPS) is 12.2. The molecule has 9 nitrogen and oxygen atoms in total. The van der Waals surface area contributed by atoms with Gasteiger partial charge in [0.2, 0.25) is 0 Å². The van der Waals surface area contributed by atoms with Crippen molar-refractivity contribution in [1.82, 2.24) is 9.88 Å². The molecule has 0 radical (unpaired) electrons. The third kappa shape index (κ3) is 5.17. The average molecular weight is 398 g/mol. The molecule has 1 heterocycles. The SMILES string of the molecule is CC(CN(C)C(=O)Nc1cccc(S(=O)(=O)Nc2nccs2)c1)C(=O)O.